The van der Waals surface area contributed by atoms with Gasteiger partial charge in [-0.05, 0) is 88.7 Å². The highest BCUT2D eigenvalue weighted by atomic mass is 16.5. The lowest BCUT2D eigenvalue weighted by Crippen LogP contribution is -2.44. The van der Waals surface area contributed by atoms with Crippen LogP contribution in [0.3, 0.4) is 0 Å². The van der Waals surface area contributed by atoms with E-state index in [4.69, 9.17) is 14.7 Å². The van der Waals surface area contributed by atoms with Gasteiger partial charge in [0.1, 0.15) is 29.4 Å². The van der Waals surface area contributed by atoms with Crippen LogP contribution in [0.1, 0.15) is 118 Å². The standard InChI is InChI=1S/C42H52N8O4/c1-29(51)54-40-35(45-39(46-40)34-21-15-27-50(34)42(53)37(31-18-8-3-9-19-31)48-24-12-5-13-25-48)32-28-43-38(44-32)33-20-14-26-49(33)41(52)36(30-16-6-2-7-17-30)47-22-10-4-11-23-47/h2-3,6-9,16-19,28,33-34,36-37H,4-5,10-15,20-27H2,1H3,(H,43,44)(H,45,46)/t33-,34-,36+,37+/m0/s1. The van der Waals surface area contributed by atoms with Gasteiger partial charge in [0.05, 0.1) is 24.0 Å². The molecule has 4 fully saturated rings. The van der Waals surface area contributed by atoms with E-state index in [0.717, 1.165) is 88.7 Å². The molecule has 4 aromatic rings. The topological polar surface area (TPSA) is 131 Å². The second-order valence-electron chi connectivity index (χ2n) is 15.3. The molecule has 0 unspecified atom stereocenters. The van der Waals surface area contributed by atoms with Crippen molar-refractivity contribution >= 4 is 17.8 Å². The number of carbonyl (C=O) groups is 3. The van der Waals surface area contributed by atoms with Gasteiger partial charge in [0.25, 0.3) is 0 Å². The molecule has 8 rings (SSSR count). The van der Waals surface area contributed by atoms with Crippen LogP contribution >= 0.6 is 0 Å². The molecule has 2 aromatic carbocycles. The highest BCUT2D eigenvalue weighted by molar-refractivity contribution is 5.85. The number of ether oxygens (including phenoxy) is 1. The number of esters is 1. The van der Waals surface area contributed by atoms with Crippen molar-refractivity contribution in [3.05, 3.63) is 89.6 Å². The third kappa shape index (κ3) is 7.46. The number of hydrogen-bond acceptors (Lipinski definition) is 8. The molecule has 54 heavy (non-hydrogen) atoms. The Bertz CT molecular complexity index is 1900. The number of nitrogens with zero attached hydrogens (tertiary/aromatic N) is 6. The van der Waals surface area contributed by atoms with E-state index in [2.05, 4.69) is 44.0 Å². The van der Waals surface area contributed by atoms with Crippen LogP contribution in [-0.4, -0.2) is 96.6 Å². The Balaban J connectivity index is 1.06. The van der Waals surface area contributed by atoms with Crippen LogP contribution in [-0.2, 0) is 14.4 Å². The van der Waals surface area contributed by atoms with Gasteiger partial charge in [-0.2, -0.15) is 4.98 Å². The summed E-state index contributed by atoms with van der Waals surface area (Å²) in [5.41, 5.74) is 3.14. The van der Waals surface area contributed by atoms with Crippen LogP contribution in [0.25, 0.3) is 11.4 Å². The van der Waals surface area contributed by atoms with E-state index >= 15 is 0 Å². The number of aromatic amines is 2. The summed E-state index contributed by atoms with van der Waals surface area (Å²) < 4.78 is 5.68. The zero-order valence-electron chi connectivity index (χ0n) is 31.3. The van der Waals surface area contributed by atoms with Crippen LogP contribution in [0, 0.1) is 0 Å². The molecule has 6 heterocycles. The van der Waals surface area contributed by atoms with Gasteiger partial charge in [0.2, 0.25) is 17.7 Å². The van der Waals surface area contributed by atoms with E-state index in [9.17, 15) is 14.4 Å². The highest BCUT2D eigenvalue weighted by Gasteiger charge is 2.41. The normalized spacial score (nSPS) is 22.3. The number of rotatable bonds is 10. The number of aromatic nitrogens is 4. The fourth-order valence-electron chi connectivity index (χ4n) is 9.14. The number of piperidine rings is 2. The van der Waals surface area contributed by atoms with E-state index in [1.807, 2.05) is 46.2 Å². The van der Waals surface area contributed by atoms with Crippen molar-refractivity contribution in [2.24, 2.45) is 0 Å². The van der Waals surface area contributed by atoms with Crippen LogP contribution < -0.4 is 4.74 Å². The maximum atomic E-state index is 14.5. The van der Waals surface area contributed by atoms with Crippen molar-refractivity contribution in [2.45, 2.75) is 95.3 Å². The molecule has 0 saturated carbocycles. The second-order valence-corrected chi connectivity index (χ2v) is 15.3. The summed E-state index contributed by atoms with van der Waals surface area (Å²) in [5.74, 6) is 1.12. The van der Waals surface area contributed by atoms with E-state index in [-0.39, 0.29) is 41.9 Å². The summed E-state index contributed by atoms with van der Waals surface area (Å²) in [7, 11) is 0. The van der Waals surface area contributed by atoms with E-state index in [1.54, 1.807) is 6.20 Å². The number of hydrogen-bond donors (Lipinski definition) is 2. The monoisotopic (exact) mass is 732 g/mol. The van der Waals surface area contributed by atoms with Crippen molar-refractivity contribution in [1.82, 2.24) is 39.5 Å². The van der Waals surface area contributed by atoms with Crippen molar-refractivity contribution in [2.75, 3.05) is 39.3 Å². The lowest BCUT2D eigenvalue weighted by atomic mass is 10.00. The Hall–Kier alpha value is -4.81. The smallest absolute Gasteiger partial charge is 0.309 e. The SMILES string of the molecule is CC(=O)Oc1nc([C@@H]2CCCN2C(=O)[C@@H](c2ccccc2)N2CCCCC2)[nH]c1-c1cnc([C@@H]2CCCN2C(=O)[C@@H](c2ccccc2)N2CCCCC2)[nH]1. The Morgan fingerprint density at radius 1 is 0.648 bits per heavy atom. The molecule has 284 valence electrons. The maximum absolute atomic E-state index is 14.5. The first kappa shape index (κ1) is 36.2. The molecule has 0 bridgehead atoms. The molecule has 4 atom stereocenters. The molecule has 12 heteroatoms. The molecular weight excluding hydrogens is 681 g/mol. The largest absolute Gasteiger partial charge is 0.405 e. The van der Waals surface area contributed by atoms with Crippen molar-refractivity contribution in [3.8, 4) is 17.3 Å². The zero-order valence-corrected chi connectivity index (χ0v) is 31.3. The van der Waals surface area contributed by atoms with Gasteiger partial charge in [0.15, 0.2) is 0 Å². The van der Waals surface area contributed by atoms with Crippen LogP contribution in [0.2, 0.25) is 0 Å². The van der Waals surface area contributed by atoms with E-state index in [0.29, 0.717) is 36.1 Å². The zero-order chi connectivity index (χ0) is 37.0. The van der Waals surface area contributed by atoms with Crippen molar-refractivity contribution in [3.63, 3.8) is 0 Å². The molecule has 2 amide bonds. The predicted molar refractivity (Wildman–Crippen MR) is 204 cm³/mol. The minimum atomic E-state index is -0.486. The second kappa shape index (κ2) is 16.3. The third-order valence-corrected chi connectivity index (χ3v) is 11.7. The maximum Gasteiger partial charge on any atom is 0.309 e. The van der Waals surface area contributed by atoms with Gasteiger partial charge >= 0.3 is 5.97 Å². The third-order valence-electron chi connectivity index (χ3n) is 11.7. The molecule has 4 aliphatic heterocycles. The van der Waals surface area contributed by atoms with Gasteiger partial charge in [-0.3, -0.25) is 24.2 Å². The van der Waals surface area contributed by atoms with Crippen LogP contribution in [0.5, 0.6) is 5.88 Å². The summed E-state index contributed by atoms with van der Waals surface area (Å²) >= 11 is 0. The Morgan fingerprint density at radius 2 is 1.15 bits per heavy atom. The lowest BCUT2D eigenvalue weighted by molar-refractivity contribution is -0.139. The van der Waals surface area contributed by atoms with Gasteiger partial charge in [-0.1, -0.05) is 73.5 Å². The first-order valence-electron chi connectivity index (χ1n) is 20.0. The number of benzene rings is 2. The molecule has 0 aliphatic carbocycles. The average molecular weight is 733 g/mol. The highest BCUT2D eigenvalue weighted by Crippen LogP contribution is 2.40. The van der Waals surface area contributed by atoms with E-state index in [1.165, 1.54) is 19.8 Å². The number of H-pyrrole nitrogens is 2. The number of imidazole rings is 2. The molecule has 0 radical (unpaired) electrons. The lowest BCUT2D eigenvalue weighted by Gasteiger charge is -2.37. The predicted octanol–water partition coefficient (Wildman–Crippen LogP) is 6.51. The molecule has 2 aromatic heterocycles. The van der Waals surface area contributed by atoms with Crippen molar-refractivity contribution in [1.29, 1.82) is 0 Å². The summed E-state index contributed by atoms with van der Waals surface area (Å²) in [6.45, 7) is 6.25. The van der Waals surface area contributed by atoms with Gasteiger partial charge in [-0.25, -0.2) is 4.98 Å². The fraction of sp³-hybridized carbons (Fsp3) is 0.500. The number of carbonyl (C=O) groups excluding carboxylic acids is 3. The number of likely N-dealkylation sites (tertiary alicyclic amines) is 4. The minimum Gasteiger partial charge on any atom is -0.405 e. The molecule has 4 aliphatic rings. The molecule has 2 N–H and O–H groups in total. The number of amides is 2. The van der Waals surface area contributed by atoms with Crippen molar-refractivity contribution < 1.29 is 19.1 Å². The minimum absolute atomic E-state index is 0.0748. The molecule has 4 saturated heterocycles. The molecular formula is C42H52N8O4. The first-order valence-corrected chi connectivity index (χ1v) is 20.0. The Labute approximate surface area is 317 Å². The quantitative estimate of drug-likeness (QED) is 0.177. The van der Waals surface area contributed by atoms with Gasteiger partial charge in [0, 0.05) is 20.0 Å². The van der Waals surface area contributed by atoms with Gasteiger partial charge < -0.3 is 24.5 Å². The average Bonchev–Trinajstić information content (AvgIpc) is 4.03. The van der Waals surface area contributed by atoms with Crippen LogP contribution in [0.4, 0.5) is 0 Å². The Kier molecular flexibility index (Phi) is 10.9. The summed E-state index contributed by atoms with van der Waals surface area (Å²) in [6.07, 6.45) is 11.7. The summed E-state index contributed by atoms with van der Waals surface area (Å²) in [4.78, 5) is 66.6. The summed E-state index contributed by atoms with van der Waals surface area (Å²) in [5, 5.41) is 0. The number of nitrogens with one attached hydrogen (secondary N) is 2. The van der Waals surface area contributed by atoms with Gasteiger partial charge in [-0.15, -0.1) is 0 Å². The van der Waals surface area contributed by atoms with Crippen LogP contribution in [0.15, 0.2) is 66.9 Å². The first-order chi connectivity index (χ1) is 26.5. The molecule has 12 nitrogen and oxygen atoms in total. The van der Waals surface area contributed by atoms with E-state index < -0.39 is 5.97 Å². The Morgan fingerprint density at radius 3 is 1.65 bits per heavy atom. The fourth-order valence-corrected chi connectivity index (χ4v) is 9.14. The summed E-state index contributed by atoms with van der Waals surface area (Å²) in [6, 6.07) is 19.0. The molecule has 0 spiro atoms.